The number of rotatable bonds is 11. The van der Waals surface area contributed by atoms with Gasteiger partial charge in [-0.05, 0) is 42.5 Å². The number of hydroxylamine groups is 1. The summed E-state index contributed by atoms with van der Waals surface area (Å²) in [5.41, 5.74) is 3.40. The molecule has 0 spiro atoms. The molecular formula is C30H28FN5O8S. The van der Waals surface area contributed by atoms with Crippen LogP contribution >= 0.6 is 11.8 Å². The third-order valence-electron chi connectivity index (χ3n) is 7.77. The van der Waals surface area contributed by atoms with Crippen molar-refractivity contribution >= 4 is 35.5 Å². The minimum Gasteiger partial charge on any atom is -0.543 e. The van der Waals surface area contributed by atoms with E-state index in [-0.39, 0.29) is 41.6 Å². The molecule has 0 unspecified atom stereocenters. The van der Waals surface area contributed by atoms with Gasteiger partial charge < -0.3 is 19.6 Å². The van der Waals surface area contributed by atoms with Crippen molar-refractivity contribution in [2.24, 2.45) is 5.92 Å². The lowest BCUT2D eigenvalue weighted by atomic mass is 10.0. The molecule has 1 saturated carbocycles. The fraction of sp³-hybridized carbons (Fsp3) is 0.333. The zero-order valence-corrected chi connectivity index (χ0v) is 24.8. The molecular weight excluding hydrogens is 609 g/mol. The Bertz CT molecular complexity index is 1780. The van der Waals surface area contributed by atoms with Crippen LogP contribution in [0.25, 0.3) is 16.8 Å². The summed E-state index contributed by atoms with van der Waals surface area (Å²) in [7, 11) is 1.27. The summed E-state index contributed by atoms with van der Waals surface area (Å²) in [6, 6.07) is 6.77. The van der Waals surface area contributed by atoms with Gasteiger partial charge in [0.2, 0.25) is 5.91 Å². The highest BCUT2D eigenvalue weighted by Gasteiger charge is 2.53. The summed E-state index contributed by atoms with van der Waals surface area (Å²) in [5, 5.41) is 14.4. The third-order valence-corrected chi connectivity index (χ3v) is 9.11. The Morgan fingerprint density at radius 3 is 2.58 bits per heavy atom. The van der Waals surface area contributed by atoms with Crippen LogP contribution < -0.4 is 26.2 Å². The van der Waals surface area contributed by atoms with Gasteiger partial charge in [0, 0.05) is 35.4 Å². The van der Waals surface area contributed by atoms with E-state index in [2.05, 4.69) is 15.6 Å². The number of β-lactam (4-membered cyclic amide) rings is 1. The molecule has 45 heavy (non-hydrogen) atoms. The molecule has 15 heteroatoms. The number of carbonyl (C=O) groups is 4. The highest BCUT2D eigenvalue weighted by molar-refractivity contribution is 8.00. The molecule has 2 aromatic heterocycles. The lowest BCUT2D eigenvalue weighted by Crippen LogP contribution is -2.71. The lowest BCUT2D eigenvalue weighted by Gasteiger charge is -2.50. The van der Waals surface area contributed by atoms with Gasteiger partial charge in [-0.3, -0.25) is 24.1 Å². The first kappa shape index (κ1) is 30.3. The van der Waals surface area contributed by atoms with Crippen LogP contribution in [-0.2, 0) is 37.0 Å². The number of carboxylic acid groups (broad SMARTS) is 1. The van der Waals surface area contributed by atoms with Gasteiger partial charge in [0.25, 0.3) is 11.8 Å². The van der Waals surface area contributed by atoms with Crippen LogP contribution in [0.5, 0.6) is 0 Å². The van der Waals surface area contributed by atoms with Crippen LogP contribution in [0.1, 0.15) is 25.0 Å². The van der Waals surface area contributed by atoms with Gasteiger partial charge in [-0.15, -0.1) is 11.8 Å². The Morgan fingerprint density at radius 1 is 1.16 bits per heavy atom. The van der Waals surface area contributed by atoms with Gasteiger partial charge in [0.15, 0.2) is 18.9 Å². The summed E-state index contributed by atoms with van der Waals surface area (Å²) in [6.07, 6.45) is 6.77. The van der Waals surface area contributed by atoms with Gasteiger partial charge in [0.1, 0.15) is 23.0 Å². The van der Waals surface area contributed by atoms with Crippen molar-refractivity contribution in [3.8, 4) is 16.8 Å². The van der Waals surface area contributed by atoms with Crippen LogP contribution in [-0.4, -0.2) is 57.4 Å². The number of benzene rings is 1. The molecule has 4 heterocycles. The van der Waals surface area contributed by atoms with Crippen molar-refractivity contribution < 1.29 is 42.5 Å². The standard InChI is InChI=1S/C30H28FN5O8S/c1-43-33-24(38)12-20-14-35(30(42)44-20)19-4-5-21(22(31)11-19)17-6-8-34(9-7-17)13-18-15-45-28-25(32-23(37)10-16-2-3-16)27(39)36(28)26(18)29(40)41/h4-9,11,14,16,25,28H,2-3,10,12-13,15H2,1H3,(H2-,32,33,37,38,40,41)/t25-,28+/m1/s1. The number of fused-ring (bicyclic) bond motifs is 1. The number of aromatic nitrogens is 2. The van der Waals surface area contributed by atoms with Gasteiger partial charge >= 0.3 is 5.76 Å². The van der Waals surface area contributed by atoms with Gasteiger partial charge in [-0.1, -0.05) is 0 Å². The van der Waals surface area contributed by atoms with E-state index in [0.29, 0.717) is 29.2 Å². The molecule has 0 radical (unpaired) electrons. The quantitative estimate of drug-likeness (QED) is 0.166. The van der Waals surface area contributed by atoms with E-state index in [4.69, 9.17) is 4.42 Å². The number of carbonyl (C=O) groups excluding carboxylic acids is 4. The number of amides is 3. The second kappa shape index (κ2) is 12.3. The van der Waals surface area contributed by atoms with Gasteiger partial charge in [-0.25, -0.2) is 23.8 Å². The van der Waals surface area contributed by atoms with E-state index in [0.717, 1.165) is 17.4 Å². The average Bonchev–Trinajstić information content (AvgIpc) is 3.75. The Hall–Kier alpha value is -4.76. The molecule has 1 aromatic carbocycles. The highest BCUT2D eigenvalue weighted by atomic mass is 32.2. The number of thioether (sulfide) groups is 1. The largest absolute Gasteiger partial charge is 0.543 e. The smallest absolute Gasteiger partial charge is 0.423 e. The van der Waals surface area contributed by atoms with E-state index in [1.807, 2.05) is 0 Å². The summed E-state index contributed by atoms with van der Waals surface area (Å²) < 4.78 is 23.1. The van der Waals surface area contributed by atoms with Crippen molar-refractivity contribution in [2.45, 2.75) is 43.6 Å². The molecule has 2 atom stereocenters. The number of nitrogens with one attached hydrogen (secondary N) is 2. The van der Waals surface area contributed by atoms with E-state index in [1.54, 1.807) is 29.1 Å². The number of oxazole rings is 1. The van der Waals surface area contributed by atoms with E-state index in [1.165, 1.54) is 48.2 Å². The van der Waals surface area contributed by atoms with Crippen LogP contribution in [0.15, 0.2) is 69.4 Å². The number of halogens is 1. The number of aliphatic carboxylic acids is 1. The molecule has 1 saturated heterocycles. The van der Waals surface area contributed by atoms with E-state index >= 15 is 4.39 Å². The molecule has 3 aromatic rings. The van der Waals surface area contributed by atoms with Crippen LogP contribution in [0.3, 0.4) is 0 Å². The van der Waals surface area contributed by atoms with Crippen molar-refractivity contribution in [1.82, 2.24) is 20.3 Å². The van der Waals surface area contributed by atoms with E-state index in [9.17, 15) is 29.1 Å². The molecule has 3 amide bonds. The minimum atomic E-state index is -1.46. The summed E-state index contributed by atoms with van der Waals surface area (Å²) in [4.78, 5) is 66.9. The predicted molar refractivity (Wildman–Crippen MR) is 153 cm³/mol. The first-order valence-electron chi connectivity index (χ1n) is 14.1. The monoisotopic (exact) mass is 637 g/mol. The van der Waals surface area contributed by atoms with Crippen LogP contribution in [0.4, 0.5) is 4.39 Å². The van der Waals surface area contributed by atoms with Crippen molar-refractivity contribution in [3.05, 3.63) is 82.3 Å². The minimum absolute atomic E-state index is 0.0735. The Balaban J connectivity index is 1.14. The van der Waals surface area contributed by atoms with E-state index < -0.39 is 40.8 Å². The first-order valence-corrected chi connectivity index (χ1v) is 15.2. The molecule has 234 valence electrons. The van der Waals surface area contributed by atoms with Crippen LogP contribution in [0, 0.1) is 11.7 Å². The number of nitrogens with zero attached hydrogens (tertiary/aromatic N) is 3. The van der Waals surface area contributed by atoms with Crippen LogP contribution in [0.2, 0.25) is 0 Å². The third kappa shape index (κ3) is 6.26. The molecule has 1 aliphatic carbocycles. The molecule has 3 aliphatic rings. The topological polar surface area (TPSA) is 167 Å². The highest BCUT2D eigenvalue weighted by Crippen LogP contribution is 2.40. The molecule has 2 fully saturated rings. The maximum absolute atomic E-state index is 15.2. The number of carboxylic acids is 1. The number of hydrogen-bond acceptors (Lipinski definition) is 9. The number of hydrogen-bond donors (Lipinski definition) is 2. The summed E-state index contributed by atoms with van der Waals surface area (Å²) in [6.45, 7) is 0.154. The lowest BCUT2D eigenvalue weighted by molar-refractivity contribution is -0.689. The Labute approximate surface area is 259 Å². The second-order valence-electron chi connectivity index (χ2n) is 11.0. The predicted octanol–water partition coefficient (Wildman–Crippen LogP) is -0.0518. The fourth-order valence-electron chi connectivity index (χ4n) is 5.41. The van der Waals surface area contributed by atoms with Crippen molar-refractivity contribution in [3.63, 3.8) is 0 Å². The molecule has 2 aliphatic heterocycles. The Morgan fingerprint density at radius 2 is 1.91 bits per heavy atom. The zero-order valence-electron chi connectivity index (χ0n) is 24.0. The normalized spacial score (nSPS) is 19.2. The first-order chi connectivity index (χ1) is 21.6. The zero-order chi connectivity index (χ0) is 31.8. The molecule has 6 rings (SSSR count). The maximum Gasteiger partial charge on any atom is 0.423 e. The van der Waals surface area contributed by atoms with Gasteiger partial charge in [-0.2, -0.15) is 0 Å². The average molecular weight is 638 g/mol. The Kier molecular flexibility index (Phi) is 8.29. The molecule has 2 N–H and O–H groups in total. The van der Waals surface area contributed by atoms with Crippen molar-refractivity contribution in [1.29, 1.82) is 0 Å². The molecule has 0 bridgehead atoms. The van der Waals surface area contributed by atoms with Gasteiger partial charge in [0.05, 0.1) is 37.1 Å². The fourth-order valence-corrected chi connectivity index (χ4v) is 6.75. The SMILES string of the molecule is CONC(=O)Cc1cn(-c2ccc(-c3cc[n+](CC4=C(C(=O)[O-])N5C(=O)[C@@H](NC(=O)CC6CC6)[C@@H]5SC4)cc3)c(F)c2)c(=O)o1. The number of pyridine rings is 1. The summed E-state index contributed by atoms with van der Waals surface area (Å²) >= 11 is 1.38. The van der Waals surface area contributed by atoms with Crippen molar-refractivity contribution in [2.75, 3.05) is 12.9 Å². The second-order valence-corrected chi connectivity index (χ2v) is 12.1. The molecule has 13 nitrogen and oxygen atoms in total. The summed E-state index contributed by atoms with van der Waals surface area (Å²) in [5.74, 6) is -3.29. The maximum atomic E-state index is 15.2.